The van der Waals surface area contributed by atoms with E-state index in [0.29, 0.717) is 10.6 Å². The predicted octanol–water partition coefficient (Wildman–Crippen LogP) is 4.08. The maximum Gasteiger partial charge on any atom is 0.271 e. The van der Waals surface area contributed by atoms with Gasteiger partial charge in [0.25, 0.3) is 5.91 Å². The van der Waals surface area contributed by atoms with Crippen LogP contribution in [-0.2, 0) is 11.2 Å². The fraction of sp³-hybridized carbons (Fsp3) is 0.150. The summed E-state index contributed by atoms with van der Waals surface area (Å²) < 4.78 is 0. The molecule has 138 valence electrons. The zero-order chi connectivity index (χ0) is 19.4. The summed E-state index contributed by atoms with van der Waals surface area (Å²) in [5.74, 6) is -0.791. The van der Waals surface area contributed by atoms with Crippen LogP contribution in [0, 0.1) is 13.8 Å². The number of aromatic nitrogens is 1. The number of hydrazine groups is 1. The third kappa shape index (κ3) is 4.72. The van der Waals surface area contributed by atoms with Gasteiger partial charge in [0, 0.05) is 10.4 Å². The summed E-state index contributed by atoms with van der Waals surface area (Å²) in [4.78, 5) is 29.8. The van der Waals surface area contributed by atoms with Crippen molar-refractivity contribution >= 4 is 34.8 Å². The van der Waals surface area contributed by atoms with Crippen LogP contribution < -0.4 is 10.9 Å². The smallest absolute Gasteiger partial charge is 0.271 e. The maximum absolute atomic E-state index is 12.3. The fourth-order valence-corrected chi connectivity index (χ4v) is 3.73. The molecule has 0 saturated carbocycles. The highest BCUT2D eigenvalue weighted by Crippen LogP contribution is 2.28. The molecule has 0 unspecified atom stereocenters. The van der Waals surface area contributed by atoms with Crippen molar-refractivity contribution in [3.8, 4) is 11.3 Å². The summed E-state index contributed by atoms with van der Waals surface area (Å²) in [5, 5.41) is 1.21. The lowest BCUT2D eigenvalue weighted by Gasteiger charge is -2.08. The Morgan fingerprint density at radius 3 is 2.44 bits per heavy atom. The summed E-state index contributed by atoms with van der Waals surface area (Å²) in [6, 6.07) is 14.6. The second kappa shape index (κ2) is 8.33. The summed E-state index contributed by atoms with van der Waals surface area (Å²) in [6.07, 6.45) is 0.123. The third-order valence-corrected chi connectivity index (χ3v) is 5.18. The van der Waals surface area contributed by atoms with Gasteiger partial charge in [-0.3, -0.25) is 20.4 Å². The number of carbonyl (C=O) groups is 2. The van der Waals surface area contributed by atoms with Crippen LogP contribution in [0.15, 0.2) is 48.5 Å². The number of thiazole rings is 1. The first-order valence-corrected chi connectivity index (χ1v) is 9.50. The van der Waals surface area contributed by atoms with Crippen LogP contribution in [0.2, 0.25) is 5.02 Å². The molecule has 3 rings (SSSR count). The topological polar surface area (TPSA) is 71.1 Å². The van der Waals surface area contributed by atoms with Crippen LogP contribution in [-0.4, -0.2) is 16.8 Å². The zero-order valence-electron chi connectivity index (χ0n) is 14.9. The van der Waals surface area contributed by atoms with Gasteiger partial charge < -0.3 is 0 Å². The highest BCUT2D eigenvalue weighted by atomic mass is 35.5. The van der Waals surface area contributed by atoms with Crippen LogP contribution in [0.5, 0.6) is 0 Å². The summed E-state index contributed by atoms with van der Waals surface area (Å²) in [7, 11) is 0. The number of nitrogens with zero attached hydrogens (tertiary/aromatic N) is 1. The molecule has 0 radical (unpaired) electrons. The summed E-state index contributed by atoms with van der Waals surface area (Å²) >= 11 is 7.46. The number of nitrogens with one attached hydrogen (secondary N) is 2. The maximum atomic E-state index is 12.3. The first-order chi connectivity index (χ1) is 12.9. The molecule has 1 heterocycles. The molecular formula is C20H18ClN3O2S. The van der Waals surface area contributed by atoms with E-state index in [4.69, 9.17) is 11.6 Å². The van der Waals surface area contributed by atoms with Crippen LogP contribution in [0.25, 0.3) is 11.3 Å². The van der Waals surface area contributed by atoms with Crippen LogP contribution >= 0.6 is 22.9 Å². The second-order valence-corrected chi connectivity index (χ2v) is 7.72. The average Bonchev–Trinajstić information content (AvgIpc) is 3.01. The molecule has 3 aromatic rings. The largest absolute Gasteiger partial charge is 0.273 e. The highest BCUT2D eigenvalue weighted by molar-refractivity contribution is 7.12. The molecule has 7 heteroatoms. The number of carbonyl (C=O) groups excluding carboxylic acids is 2. The Hall–Kier alpha value is -2.70. The monoisotopic (exact) mass is 399 g/mol. The van der Waals surface area contributed by atoms with Crippen molar-refractivity contribution in [1.82, 2.24) is 15.8 Å². The lowest BCUT2D eigenvalue weighted by Crippen LogP contribution is -2.42. The van der Waals surface area contributed by atoms with Gasteiger partial charge >= 0.3 is 0 Å². The van der Waals surface area contributed by atoms with Crippen molar-refractivity contribution in [2.24, 2.45) is 0 Å². The van der Waals surface area contributed by atoms with Gasteiger partial charge in [0.15, 0.2) is 0 Å². The minimum atomic E-state index is -0.465. The average molecular weight is 400 g/mol. The second-order valence-electron chi connectivity index (χ2n) is 6.03. The van der Waals surface area contributed by atoms with Gasteiger partial charge in [0.05, 0.1) is 27.7 Å². The van der Waals surface area contributed by atoms with Gasteiger partial charge in [0.1, 0.15) is 0 Å². The van der Waals surface area contributed by atoms with E-state index in [1.54, 1.807) is 24.3 Å². The van der Waals surface area contributed by atoms with Crippen LogP contribution in [0.1, 0.15) is 25.8 Å². The Bertz CT molecular complexity index is 983. The normalized spacial score (nSPS) is 10.5. The van der Waals surface area contributed by atoms with E-state index < -0.39 is 5.91 Å². The van der Waals surface area contributed by atoms with Gasteiger partial charge in [-0.15, -0.1) is 11.3 Å². The van der Waals surface area contributed by atoms with Crippen molar-refractivity contribution in [1.29, 1.82) is 0 Å². The van der Waals surface area contributed by atoms with E-state index in [-0.39, 0.29) is 12.3 Å². The molecule has 2 amide bonds. The molecular weight excluding hydrogens is 382 g/mol. The van der Waals surface area contributed by atoms with Gasteiger partial charge in [0.2, 0.25) is 5.91 Å². The van der Waals surface area contributed by atoms with Crippen molar-refractivity contribution in [2.75, 3.05) is 0 Å². The molecule has 0 atom stereocenters. The van der Waals surface area contributed by atoms with Gasteiger partial charge in [-0.2, -0.15) is 0 Å². The first-order valence-electron chi connectivity index (χ1n) is 8.31. The van der Waals surface area contributed by atoms with Crippen molar-refractivity contribution < 1.29 is 9.59 Å². The molecule has 0 saturated heterocycles. The summed E-state index contributed by atoms with van der Waals surface area (Å²) in [6.45, 7) is 3.93. The molecule has 0 aliphatic carbocycles. The zero-order valence-corrected chi connectivity index (χ0v) is 16.4. The van der Waals surface area contributed by atoms with Crippen molar-refractivity contribution in [2.45, 2.75) is 20.3 Å². The number of aryl methyl sites for hydroxylation is 2. The molecule has 2 N–H and O–H groups in total. The third-order valence-electron chi connectivity index (χ3n) is 3.88. The Kier molecular flexibility index (Phi) is 5.88. The number of hydrogen-bond donors (Lipinski definition) is 2. The van der Waals surface area contributed by atoms with E-state index in [2.05, 4.69) is 15.8 Å². The lowest BCUT2D eigenvalue weighted by atomic mass is 10.1. The van der Waals surface area contributed by atoms with Gasteiger partial charge in [-0.05, 0) is 26.0 Å². The molecule has 1 aromatic heterocycles. The Labute approximate surface area is 166 Å². The Morgan fingerprint density at radius 1 is 1.04 bits per heavy atom. The van der Waals surface area contributed by atoms with E-state index in [1.165, 1.54) is 11.3 Å². The molecule has 0 aliphatic heterocycles. The van der Waals surface area contributed by atoms with E-state index in [9.17, 15) is 9.59 Å². The van der Waals surface area contributed by atoms with E-state index in [0.717, 1.165) is 26.7 Å². The Balaban J connectivity index is 1.67. The Morgan fingerprint density at radius 2 is 1.74 bits per heavy atom. The van der Waals surface area contributed by atoms with E-state index >= 15 is 0 Å². The first kappa shape index (κ1) is 19.1. The molecule has 0 fully saturated rings. The molecule has 5 nitrogen and oxygen atoms in total. The highest BCUT2D eigenvalue weighted by Gasteiger charge is 2.16. The number of benzene rings is 2. The number of halogens is 1. The molecule has 0 aliphatic rings. The lowest BCUT2D eigenvalue weighted by molar-refractivity contribution is -0.121. The van der Waals surface area contributed by atoms with Crippen LogP contribution in [0.4, 0.5) is 0 Å². The SMILES string of the molecule is Cc1ccc(-c2nc(C)sc2CC(=O)NNC(=O)c2ccccc2Cl)cc1. The summed E-state index contributed by atoms with van der Waals surface area (Å²) in [5.41, 5.74) is 8.05. The minimum Gasteiger partial charge on any atom is -0.273 e. The minimum absolute atomic E-state index is 0.123. The molecule has 0 spiro atoms. The molecule has 27 heavy (non-hydrogen) atoms. The number of rotatable bonds is 4. The fourth-order valence-electron chi connectivity index (χ4n) is 2.56. The van der Waals surface area contributed by atoms with E-state index in [1.807, 2.05) is 38.1 Å². The number of hydrogen-bond acceptors (Lipinski definition) is 4. The van der Waals surface area contributed by atoms with Crippen LogP contribution in [0.3, 0.4) is 0 Å². The van der Waals surface area contributed by atoms with Crippen molar-refractivity contribution in [3.05, 3.63) is 74.6 Å². The standard InChI is InChI=1S/C20H18ClN3O2S/c1-12-7-9-14(10-8-12)19-17(27-13(2)22-19)11-18(25)23-24-20(26)15-5-3-4-6-16(15)21/h3-10H,11H2,1-2H3,(H,23,25)(H,24,26). The quantitative estimate of drug-likeness (QED) is 0.649. The van der Waals surface area contributed by atoms with Crippen molar-refractivity contribution in [3.63, 3.8) is 0 Å². The molecule has 2 aromatic carbocycles. The number of amides is 2. The van der Waals surface area contributed by atoms with Gasteiger partial charge in [-0.1, -0.05) is 53.6 Å². The molecule has 0 bridgehead atoms. The predicted molar refractivity (Wildman–Crippen MR) is 108 cm³/mol. The van der Waals surface area contributed by atoms with Gasteiger partial charge in [-0.25, -0.2) is 4.98 Å².